The number of pyridine rings is 3. The molecule has 6 aromatic rings. The van der Waals surface area contributed by atoms with E-state index in [1.165, 1.54) is 0 Å². The predicted molar refractivity (Wildman–Crippen MR) is 148 cm³/mol. The molecule has 4 aromatic heterocycles. The Hall–Kier alpha value is -5.55. The normalized spacial score (nSPS) is 10.8. The third kappa shape index (κ3) is 4.40. The van der Waals surface area contributed by atoms with Crippen molar-refractivity contribution < 1.29 is 0 Å². The lowest BCUT2D eigenvalue weighted by molar-refractivity contribution is 1.06. The standard InChI is InChI=1S/C30H22N8/c31-18-21-14-16-33-27(17-21)35-19-20-8-10-23(11-9-20)38-29(24-7-4-15-34-28(24)32)37-26-13-12-25(36-30(26)38)22-5-2-1-3-6-22/h1-17H,19H2,(H2,32,34)(H,33,35). The zero-order valence-electron chi connectivity index (χ0n) is 20.3. The molecule has 4 heterocycles. The molecule has 0 saturated heterocycles. The van der Waals surface area contributed by atoms with E-state index in [0.29, 0.717) is 29.6 Å². The van der Waals surface area contributed by atoms with Crippen molar-refractivity contribution in [1.82, 2.24) is 24.5 Å². The molecule has 3 N–H and O–H groups in total. The highest BCUT2D eigenvalue weighted by Crippen LogP contribution is 2.31. The molecular formula is C30H22N8. The Morgan fingerprint density at radius 3 is 2.47 bits per heavy atom. The molecule has 0 spiro atoms. The van der Waals surface area contributed by atoms with E-state index in [-0.39, 0.29) is 0 Å². The van der Waals surface area contributed by atoms with Crippen molar-refractivity contribution in [2.75, 3.05) is 11.1 Å². The number of nitrogens with zero attached hydrogens (tertiary/aromatic N) is 6. The molecular weight excluding hydrogens is 472 g/mol. The Morgan fingerprint density at radius 1 is 0.842 bits per heavy atom. The van der Waals surface area contributed by atoms with E-state index >= 15 is 0 Å². The quantitative estimate of drug-likeness (QED) is 0.309. The molecule has 182 valence electrons. The largest absolute Gasteiger partial charge is 0.383 e. The molecule has 2 aromatic carbocycles. The molecule has 0 fully saturated rings. The van der Waals surface area contributed by atoms with Gasteiger partial charge in [-0.15, -0.1) is 0 Å². The monoisotopic (exact) mass is 494 g/mol. The highest BCUT2D eigenvalue weighted by molar-refractivity contribution is 5.84. The fourth-order valence-electron chi connectivity index (χ4n) is 4.31. The van der Waals surface area contributed by atoms with Crippen LogP contribution in [0.1, 0.15) is 11.1 Å². The molecule has 0 saturated carbocycles. The van der Waals surface area contributed by atoms with Crippen LogP contribution in [0.2, 0.25) is 0 Å². The minimum absolute atomic E-state index is 0.403. The number of rotatable bonds is 6. The summed E-state index contributed by atoms with van der Waals surface area (Å²) in [7, 11) is 0. The number of hydrogen-bond acceptors (Lipinski definition) is 7. The van der Waals surface area contributed by atoms with E-state index in [9.17, 15) is 0 Å². The van der Waals surface area contributed by atoms with Gasteiger partial charge < -0.3 is 11.1 Å². The minimum Gasteiger partial charge on any atom is -0.383 e. The number of nitrogens with two attached hydrogens (primary N) is 1. The number of nitriles is 1. The van der Waals surface area contributed by atoms with Gasteiger partial charge in [-0.3, -0.25) is 4.57 Å². The molecule has 0 aliphatic carbocycles. The van der Waals surface area contributed by atoms with Gasteiger partial charge in [0.25, 0.3) is 0 Å². The van der Waals surface area contributed by atoms with Gasteiger partial charge in [-0.25, -0.2) is 19.9 Å². The number of aromatic nitrogens is 5. The van der Waals surface area contributed by atoms with Gasteiger partial charge in [-0.2, -0.15) is 5.26 Å². The first-order valence-corrected chi connectivity index (χ1v) is 12.0. The summed E-state index contributed by atoms with van der Waals surface area (Å²) in [6.07, 6.45) is 3.29. The van der Waals surface area contributed by atoms with Gasteiger partial charge in [0.2, 0.25) is 0 Å². The van der Waals surface area contributed by atoms with Crippen LogP contribution in [0.15, 0.2) is 103 Å². The zero-order valence-corrected chi connectivity index (χ0v) is 20.3. The van der Waals surface area contributed by atoms with Crippen molar-refractivity contribution in [2.24, 2.45) is 0 Å². The topological polar surface area (TPSA) is 118 Å². The van der Waals surface area contributed by atoms with Gasteiger partial charge in [0, 0.05) is 30.2 Å². The molecule has 0 radical (unpaired) electrons. The smallest absolute Gasteiger partial charge is 0.165 e. The van der Waals surface area contributed by atoms with Crippen LogP contribution in [0.5, 0.6) is 0 Å². The maximum absolute atomic E-state index is 9.12. The summed E-state index contributed by atoms with van der Waals surface area (Å²) in [6, 6.07) is 31.5. The maximum atomic E-state index is 9.12. The SMILES string of the molecule is N#Cc1ccnc(NCc2ccc(-n3c(-c4cccnc4N)nc4ccc(-c5ccccc5)nc43)cc2)c1. The lowest BCUT2D eigenvalue weighted by Gasteiger charge is -2.12. The van der Waals surface area contributed by atoms with Gasteiger partial charge >= 0.3 is 0 Å². The van der Waals surface area contributed by atoms with Crippen LogP contribution in [0.4, 0.5) is 11.6 Å². The Kier molecular flexibility index (Phi) is 5.92. The second kappa shape index (κ2) is 9.84. The summed E-state index contributed by atoms with van der Waals surface area (Å²) in [6.45, 7) is 0.561. The van der Waals surface area contributed by atoms with Crippen LogP contribution in [0.3, 0.4) is 0 Å². The van der Waals surface area contributed by atoms with Crippen molar-refractivity contribution in [2.45, 2.75) is 6.54 Å². The number of anilines is 2. The first kappa shape index (κ1) is 22.9. The Balaban J connectivity index is 1.41. The molecule has 0 bridgehead atoms. The van der Waals surface area contributed by atoms with Crippen LogP contribution in [-0.4, -0.2) is 24.5 Å². The van der Waals surface area contributed by atoms with Crippen LogP contribution in [-0.2, 0) is 6.54 Å². The van der Waals surface area contributed by atoms with Crippen LogP contribution < -0.4 is 11.1 Å². The molecule has 0 aliphatic rings. The van der Waals surface area contributed by atoms with Crippen molar-refractivity contribution >= 4 is 22.8 Å². The highest BCUT2D eigenvalue weighted by atomic mass is 15.1. The van der Waals surface area contributed by atoms with Gasteiger partial charge in [-0.1, -0.05) is 42.5 Å². The van der Waals surface area contributed by atoms with Crippen LogP contribution >= 0.6 is 0 Å². The molecule has 0 amide bonds. The summed E-state index contributed by atoms with van der Waals surface area (Å²) in [5, 5.41) is 12.4. The second-order valence-electron chi connectivity index (χ2n) is 8.67. The van der Waals surface area contributed by atoms with Crippen LogP contribution in [0, 0.1) is 11.3 Å². The average molecular weight is 495 g/mol. The van der Waals surface area contributed by atoms with E-state index in [1.54, 1.807) is 24.5 Å². The number of imidazole rings is 1. The van der Waals surface area contributed by atoms with E-state index in [4.69, 9.17) is 21.0 Å². The second-order valence-corrected chi connectivity index (χ2v) is 8.67. The molecule has 38 heavy (non-hydrogen) atoms. The third-order valence-corrected chi connectivity index (χ3v) is 6.21. The summed E-state index contributed by atoms with van der Waals surface area (Å²) >= 11 is 0. The third-order valence-electron chi connectivity index (χ3n) is 6.21. The summed E-state index contributed by atoms with van der Waals surface area (Å²) in [5.41, 5.74) is 12.9. The van der Waals surface area contributed by atoms with Crippen molar-refractivity contribution in [3.63, 3.8) is 0 Å². The van der Waals surface area contributed by atoms with E-state index < -0.39 is 0 Å². The van der Waals surface area contributed by atoms with Gasteiger partial charge in [0.15, 0.2) is 11.5 Å². The molecule has 0 unspecified atom stereocenters. The van der Waals surface area contributed by atoms with E-state index in [2.05, 4.69) is 21.4 Å². The first-order valence-electron chi connectivity index (χ1n) is 12.0. The maximum Gasteiger partial charge on any atom is 0.165 e. The lowest BCUT2D eigenvalue weighted by atomic mass is 10.1. The Bertz CT molecular complexity index is 1780. The van der Waals surface area contributed by atoms with Crippen LogP contribution in [0.25, 0.3) is 39.5 Å². The number of fused-ring (bicyclic) bond motifs is 1. The van der Waals surface area contributed by atoms with Crippen molar-refractivity contribution in [3.05, 3.63) is 115 Å². The summed E-state index contributed by atoms with van der Waals surface area (Å²) in [5.74, 6) is 1.73. The Morgan fingerprint density at radius 2 is 1.68 bits per heavy atom. The van der Waals surface area contributed by atoms with E-state index in [0.717, 1.165) is 39.2 Å². The first-order chi connectivity index (χ1) is 18.7. The summed E-state index contributed by atoms with van der Waals surface area (Å²) in [4.78, 5) is 18.5. The zero-order chi connectivity index (χ0) is 25.9. The number of nitrogen functional groups attached to an aromatic ring is 1. The van der Waals surface area contributed by atoms with Crippen molar-refractivity contribution in [3.8, 4) is 34.4 Å². The summed E-state index contributed by atoms with van der Waals surface area (Å²) < 4.78 is 2.02. The fourth-order valence-corrected chi connectivity index (χ4v) is 4.31. The molecule has 0 atom stereocenters. The molecule has 6 rings (SSSR count). The number of hydrogen-bond donors (Lipinski definition) is 2. The average Bonchev–Trinajstić information content (AvgIpc) is 3.35. The fraction of sp³-hybridized carbons (Fsp3) is 0.0333. The molecule has 0 aliphatic heterocycles. The molecule has 8 nitrogen and oxygen atoms in total. The van der Waals surface area contributed by atoms with Crippen molar-refractivity contribution in [1.29, 1.82) is 5.26 Å². The minimum atomic E-state index is 0.403. The predicted octanol–water partition coefficient (Wildman–Crippen LogP) is 5.61. The van der Waals surface area contributed by atoms with Gasteiger partial charge in [-0.05, 0) is 54.1 Å². The number of benzene rings is 2. The van der Waals surface area contributed by atoms with Gasteiger partial charge in [0.05, 0.1) is 22.9 Å². The van der Waals surface area contributed by atoms with Gasteiger partial charge in [0.1, 0.15) is 17.2 Å². The molecule has 8 heteroatoms. The highest BCUT2D eigenvalue weighted by Gasteiger charge is 2.18. The Labute approximate surface area is 219 Å². The number of nitrogens with one attached hydrogen (secondary N) is 1. The lowest BCUT2D eigenvalue weighted by Crippen LogP contribution is -2.04. The van der Waals surface area contributed by atoms with E-state index in [1.807, 2.05) is 83.4 Å².